The third kappa shape index (κ3) is 4.50. The number of hydrogen-bond acceptors (Lipinski definition) is 3. The van der Waals surface area contributed by atoms with E-state index in [1.165, 1.54) is 18.2 Å². The van der Waals surface area contributed by atoms with Gasteiger partial charge >= 0.3 is 6.03 Å². The molecule has 122 valence electrons. The zero-order chi connectivity index (χ0) is 16.8. The van der Waals surface area contributed by atoms with Crippen molar-refractivity contribution >= 4 is 23.3 Å². The van der Waals surface area contributed by atoms with Crippen molar-refractivity contribution in [3.05, 3.63) is 52.8 Å². The van der Waals surface area contributed by atoms with Gasteiger partial charge in [0.2, 0.25) is 0 Å². The molecule has 2 aromatic carbocycles. The van der Waals surface area contributed by atoms with Crippen LogP contribution in [0, 0.1) is 5.82 Å². The van der Waals surface area contributed by atoms with Crippen molar-refractivity contribution in [1.29, 1.82) is 0 Å². The molecular weight excluding hydrogens is 323 g/mol. The average Bonchev–Trinajstić information content (AvgIpc) is 2.56. The van der Waals surface area contributed by atoms with Gasteiger partial charge in [-0.2, -0.15) is 0 Å². The second-order valence-corrected chi connectivity index (χ2v) is 5.03. The normalized spacial score (nSPS) is 10.1. The first-order chi connectivity index (χ1) is 11.0. The summed E-state index contributed by atoms with van der Waals surface area (Å²) in [6.45, 7) is 0.293. The number of ether oxygens (including phenoxy) is 2. The van der Waals surface area contributed by atoms with Gasteiger partial charge in [0, 0.05) is 12.2 Å². The number of methoxy groups -OCH3 is 2. The zero-order valence-corrected chi connectivity index (χ0v) is 13.4. The molecule has 2 N–H and O–H groups in total. The second-order valence-electron chi connectivity index (χ2n) is 4.63. The van der Waals surface area contributed by atoms with Crippen molar-refractivity contribution in [3.8, 4) is 11.5 Å². The minimum absolute atomic E-state index is 0.0531. The summed E-state index contributed by atoms with van der Waals surface area (Å²) < 4.78 is 23.4. The molecule has 0 heterocycles. The van der Waals surface area contributed by atoms with Crippen LogP contribution in [0.2, 0.25) is 5.02 Å². The van der Waals surface area contributed by atoms with E-state index in [2.05, 4.69) is 10.6 Å². The highest BCUT2D eigenvalue weighted by Gasteiger charge is 2.07. The van der Waals surface area contributed by atoms with Gasteiger partial charge in [0.25, 0.3) is 0 Å². The van der Waals surface area contributed by atoms with E-state index in [1.807, 2.05) is 6.07 Å². The van der Waals surface area contributed by atoms with Gasteiger partial charge in [-0.25, -0.2) is 9.18 Å². The Kier molecular flexibility index (Phi) is 5.65. The van der Waals surface area contributed by atoms with Gasteiger partial charge in [-0.3, -0.25) is 0 Å². The fraction of sp³-hybridized carbons (Fsp3) is 0.188. The summed E-state index contributed by atoms with van der Waals surface area (Å²) in [6, 6.07) is 8.87. The average molecular weight is 339 g/mol. The molecule has 2 rings (SSSR count). The first-order valence-corrected chi connectivity index (χ1v) is 7.12. The number of halogens is 2. The molecule has 0 atom stereocenters. The van der Waals surface area contributed by atoms with Gasteiger partial charge in [0.05, 0.1) is 19.2 Å². The van der Waals surface area contributed by atoms with E-state index in [4.69, 9.17) is 21.1 Å². The fourth-order valence-corrected chi connectivity index (χ4v) is 2.10. The van der Waals surface area contributed by atoms with Crippen molar-refractivity contribution < 1.29 is 18.7 Å². The highest BCUT2D eigenvalue weighted by Crippen LogP contribution is 2.27. The molecule has 0 saturated carbocycles. The van der Waals surface area contributed by atoms with E-state index in [1.54, 1.807) is 26.4 Å². The van der Waals surface area contributed by atoms with Crippen LogP contribution >= 0.6 is 11.6 Å². The number of hydrogen-bond donors (Lipinski definition) is 2. The van der Waals surface area contributed by atoms with Gasteiger partial charge in [0.15, 0.2) is 11.5 Å². The minimum Gasteiger partial charge on any atom is -0.493 e. The number of anilines is 1. The maximum Gasteiger partial charge on any atom is 0.319 e. The number of urea groups is 1. The van der Waals surface area contributed by atoms with E-state index >= 15 is 0 Å². The molecule has 0 spiro atoms. The van der Waals surface area contributed by atoms with Crippen LogP contribution in [0.5, 0.6) is 11.5 Å². The quantitative estimate of drug-likeness (QED) is 0.871. The summed E-state index contributed by atoms with van der Waals surface area (Å²) in [4.78, 5) is 11.8. The van der Waals surface area contributed by atoms with Crippen molar-refractivity contribution in [2.75, 3.05) is 19.5 Å². The molecule has 0 aliphatic rings. The van der Waals surface area contributed by atoms with Crippen LogP contribution in [0.25, 0.3) is 0 Å². The Labute approximate surface area is 138 Å². The summed E-state index contributed by atoms with van der Waals surface area (Å²) in [5.41, 5.74) is 1.25. The lowest BCUT2D eigenvalue weighted by Gasteiger charge is -2.11. The zero-order valence-electron chi connectivity index (χ0n) is 12.7. The molecule has 0 radical (unpaired) electrons. The van der Waals surface area contributed by atoms with Gasteiger partial charge in [-0.1, -0.05) is 17.7 Å². The standard InChI is InChI=1S/C16H16ClFN2O3/c1-22-14-6-3-10(7-15(14)23-2)9-19-16(21)20-11-4-5-13(18)12(17)8-11/h3-8H,9H2,1-2H3,(H2,19,20,21). The molecular formula is C16H16ClFN2O3. The largest absolute Gasteiger partial charge is 0.493 e. The SMILES string of the molecule is COc1ccc(CNC(=O)Nc2ccc(F)c(Cl)c2)cc1OC. The highest BCUT2D eigenvalue weighted by molar-refractivity contribution is 6.31. The van der Waals surface area contributed by atoms with Crippen LogP contribution in [0.15, 0.2) is 36.4 Å². The monoisotopic (exact) mass is 338 g/mol. The molecule has 0 unspecified atom stereocenters. The highest BCUT2D eigenvalue weighted by atomic mass is 35.5. The fourth-order valence-electron chi connectivity index (χ4n) is 1.92. The summed E-state index contributed by atoms with van der Waals surface area (Å²) in [7, 11) is 3.09. The molecule has 0 aliphatic heterocycles. The van der Waals surface area contributed by atoms with E-state index < -0.39 is 11.8 Å². The minimum atomic E-state index is -0.539. The first kappa shape index (κ1) is 16.9. The van der Waals surface area contributed by atoms with Crippen LogP contribution in [0.1, 0.15) is 5.56 Å². The van der Waals surface area contributed by atoms with Crippen molar-refractivity contribution in [3.63, 3.8) is 0 Å². The molecule has 0 fully saturated rings. The lowest BCUT2D eigenvalue weighted by atomic mass is 10.2. The molecule has 2 amide bonds. The smallest absolute Gasteiger partial charge is 0.319 e. The number of carbonyl (C=O) groups is 1. The summed E-state index contributed by atoms with van der Waals surface area (Å²) in [5.74, 6) is 0.655. The maximum absolute atomic E-state index is 13.1. The molecule has 0 aromatic heterocycles. The van der Waals surface area contributed by atoms with Gasteiger partial charge in [0.1, 0.15) is 5.82 Å². The predicted molar refractivity (Wildman–Crippen MR) is 86.8 cm³/mol. The second kappa shape index (κ2) is 7.69. The summed E-state index contributed by atoms with van der Waals surface area (Å²) >= 11 is 5.66. The van der Waals surface area contributed by atoms with Gasteiger partial charge in [-0.15, -0.1) is 0 Å². The van der Waals surface area contributed by atoms with E-state index in [-0.39, 0.29) is 5.02 Å². The summed E-state index contributed by atoms with van der Waals surface area (Å²) in [5, 5.41) is 5.21. The Morgan fingerprint density at radius 3 is 2.52 bits per heavy atom. The number of benzene rings is 2. The third-order valence-electron chi connectivity index (χ3n) is 3.08. The number of rotatable bonds is 5. The number of carbonyl (C=O) groups excluding carboxylic acids is 1. The van der Waals surface area contributed by atoms with Crippen molar-refractivity contribution in [2.45, 2.75) is 6.54 Å². The maximum atomic E-state index is 13.1. The molecule has 23 heavy (non-hydrogen) atoms. The van der Waals surface area contributed by atoms with Gasteiger partial charge < -0.3 is 20.1 Å². The molecule has 7 heteroatoms. The lowest BCUT2D eigenvalue weighted by Crippen LogP contribution is -2.28. The Morgan fingerprint density at radius 1 is 1.13 bits per heavy atom. The molecule has 2 aromatic rings. The number of amides is 2. The topological polar surface area (TPSA) is 59.6 Å². The van der Waals surface area contributed by atoms with E-state index in [0.29, 0.717) is 23.7 Å². The number of nitrogens with one attached hydrogen (secondary N) is 2. The van der Waals surface area contributed by atoms with Crippen LogP contribution < -0.4 is 20.1 Å². The van der Waals surface area contributed by atoms with E-state index in [0.717, 1.165) is 5.56 Å². The first-order valence-electron chi connectivity index (χ1n) is 6.74. The Hall–Kier alpha value is -2.47. The van der Waals surface area contributed by atoms with Crippen molar-refractivity contribution in [2.24, 2.45) is 0 Å². The van der Waals surface area contributed by atoms with Crippen LogP contribution in [-0.4, -0.2) is 20.3 Å². The Balaban J connectivity index is 1.95. The molecule has 0 aliphatic carbocycles. The third-order valence-corrected chi connectivity index (χ3v) is 3.37. The molecule has 0 bridgehead atoms. The van der Waals surface area contributed by atoms with Gasteiger partial charge in [-0.05, 0) is 35.9 Å². The Morgan fingerprint density at radius 2 is 1.87 bits per heavy atom. The predicted octanol–water partition coefficient (Wildman–Crippen LogP) is 3.82. The van der Waals surface area contributed by atoms with E-state index in [9.17, 15) is 9.18 Å². The van der Waals surface area contributed by atoms with Crippen LogP contribution in [0.3, 0.4) is 0 Å². The van der Waals surface area contributed by atoms with Crippen LogP contribution in [0.4, 0.5) is 14.9 Å². The lowest BCUT2D eigenvalue weighted by molar-refractivity contribution is 0.251. The summed E-state index contributed by atoms with van der Waals surface area (Å²) in [6.07, 6.45) is 0. The van der Waals surface area contributed by atoms with Crippen molar-refractivity contribution in [1.82, 2.24) is 5.32 Å². The molecule has 0 saturated heterocycles. The Bertz CT molecular complexity index is 710. The van der Waals surface area contributed by atoms with Crippen LogP contribution in [-0.2, 0) is 6.54 Å². The molecule has 5 nitrogen and oxygen atoms in total.